The number of anilines is 1. The van der Waals surface area contributed by atoms with Gasteiger partial charge in [0.1, 0.15) is 12.1 Å². The summed E-state index contributed by atoms with van der Waals surface area (Å²) in [5, 5.41) is 6.55. The molecule has 2 atom stereocenters. The van der Waals surface area contributed by atoms with Gasteiger partial charge in [-0.25, -0.2) is 0 Å². The van der Waals surface area contributed by atoms with Gasteiger partial charge in [0.05, 0.1) is 0 Å². The van der Waals surface area contributed by atoms with Crippen molar-refractivity contribution in [1.82, 2.24) is 10.6 Å². The lowest BCUT2D eigenvalue weighted by atomic mass is 10.1. The third kappa shape index (κ3) is 8.07. The molecule has 0 heterocycles. The molecule has 0 bridgehead atoms. The molecule has 10 heteroatoms. The predicted molar refractivity (Wildman–Crippen MR) is 93.6 cm³/mol. The molecule has 0 aliphatic carbocycles. The van der Waals surface area contributed by atoms with Crippen molar-refractivity contribution in [2.24, 2.45) is 5.73 Å². The molecular weight excluding hydrogens is 365 g/mol. The van der Waals surface area contributed by atoms with Gasteiger partial charge in [-0.1, -0.05) is 18.2 Å². The second-order valence-corrected chi connectivity index (χ2v) is 5.89. The molecule has 0 saturated heterocycles. The van der Waals surface area contributed by atoms with Gasteiger partial charge in [-0.3, -0.25) is 14.4 Å². The summed E-state index contributed by atoms with van der Waals surface area (Å²) in [4.78, 5) is 35.5. The van der Waals surface area contributed by atoms with Gasteiger partial charge in [0.15, 0.2) is 0 Å². The van der Waals surface area contributed by atoms with Gasteiger partial charge < -0.3 is 21.7 Å². The van der Waals surface area contributed by atoms with Crippen molar-refractivity contribution in [3.63, 3.8) is 0 Å². The van der Waals surface area contributed by atoms with Crippen LogP contribution >= 0.6 is 0 Å². The third-order valence-corrected chi connectivity index (χ3v) is 3.62. The Morgan fingerprint density at radius 2 is 1.67 bits per heavy atom. The largest absolute Gasteiger partial charge is 0.471 e. The quantitative estimate of drug-likeness (QED) is 0.478. The number of halogens is 3. The van der Waals surface area contributed by atoms with Crippen LogP contribution in [-0.4, -0.2) is 42.5 Å². The highest BCUT2D eigenvalue weighted by molar-refractivity contribution is 5.98. The SMILES string of the molecule is C[C@H](NC(=O)[C@H](CCCCN)NC(=O)C(F)(F)F)C(=O)Nc1ccccc1. The fraction of sp³-hybridized carbons (Fsp3) is 0.471. The van der Waals surface area contributed by atoms with E-state index < -0.39 is 36.0 Å². The maximum atomic E-state index is 12.5. The summed E-state index contributed by atoms with van der Waals surface area (Å²) < 4.78 is 37.4. The maximum Gasteiger partial charge on any atom is 0.471 e. The zero-order chi connectivity index (χ0) is 20.4. The topological polar surface area (TPSA) is 113 Å². The molecule has 0 radical (unpaired) electrons. The third-order valence-electron chi connectivity index (χ3n) is 3.62. The lowest BCUT2D eigenvalue weighted by Gasteiger charge is -2.21. The number of carbonyl (C=O) groups is 3. The monoisotopic (exact) mass is 388 g/mol. The van der Waals surface area contributed by atoms with Crippen molar-refractivity contribution in [1.29, 1.82) is 0 Å². The van der Waals surface area contributed by atoms with E-state index in [2.05, 4.69) is 10.6 Å². The number of alkyl halides is 3. The van der Waals surface area contributed by atoms with Crippen molar-refractivity contribution in [2.45, 2.75) is 44.4 Å². The number of amides is 3. The van der Waals surface area contributed by atoms with Crippen LogP contribution < -0.4 is 21.7 Å². The highest BCUT2D eigenvalue weighted by Gasteiger charge is 2.40. The van der Waals surface area contributed by atoms with Gasteiger partial charge in [0.25, 0.3) is 0 Å². The number of hydrogen-bond donors (Lipinski definition) is 4. The van der Waals surface area contributed by atoms with E-state index in [4.69, 9.17) is 5.73 Å². The lowest BCUT2D eigenvalue weighted by molar-refractivity contribution is -0.174. The maximum absolute atomic E-state index is 12.5. The predicted octanol–water partition coefficient (Wildman–Crippen LogP) is 1.31. The number of hydrogen-bond acceptors (Lipinski definition) is 4. The summed E-state index contributed by atoms with van der Waals surface area (Å²) in [5.41, 5.74) is 5.84. The zero-order valence-corrected chi connectivity index (χ0v) is 14.8. The Labute approximate surface area is 154 Å². The summed E-state index contributed by atoms with van der Waals surface area (Å²) in [6.45, 7) is 1.69. The summed E-state index contributed by atoms with van der Waals surface area (Å²) in [6.07, 6.45) is -4.31. The van der Waals surface area contributed by atoms with Crippen LogP contribution in [0.4, 0.5) is 18.9 Å². The van der Waals surface area contributed by atoms with Gasteiger partial charge in [-0.05, 0) is 44.9 Å². The highest BCUT2D eigenvalue weighted by Crippen LogP contribution is 2.15. The van der Waals surface area contributed by atoms with E-state index in [0.717, 1.165) is 0 Å². The number of nitrogens with one attached hydrogen (secondary N) is 3. The van der Waals surface area contributed by atoms with E-state index in [9.17, 15) is 27.6 Å². The first-order chi connectivity index (χ1) is 12.6. The normalized spacial score (nSPS) is 13.4. The molecule has 150 valence electrons. The molecule has 0 aromatic heterocycles. The van der Waals surface area contributed by atoms with Crippen molar-refractivity contribution in [3.05, 3.63) is 30.3 Å². The molecule has 3 amide bonds. The van der Waals surface area contributed by atoms with Crippen molar-refractivity contribution < 1.29 is 27.6 Å². The molecule has 0 aliphatic heterocycles. The fourth-order valence-electron chi connectivity index (χ4n) is 2.15. The van der Waals surface area contributed by atoms with Crippen LogP contribution in [-0.2, 0) is 14.4 Å². The number of carbonyl (C=O) groups excluding carboxylic acids is 3. The van der Waals surface area contributed by atoms with Crippen LogP contribution in [0, 0.1) is 0 Å². The summed E-state index contributed by atoms with van der Waals surface area (Å²) >= 11 is 0. The summed E-state index contributed by atoms with van der Waals surface area (Å²) in [6, 6.07) is 6.03. The summed E-state index contributed by atoms with van der Waals surface area (Å²) in [5.74, 6) is -3.63. The molecule has 0 spiro atoms. The molecule has 0 unspecified atom stereocenters. The molecule has 1 aromatic carbocycles. The first-order valence-corrected chi connectivity index (χ1v) is 8.39. The van der Waals surface area contributed by atoms with E-state index in [0.29, 0.717) is 25.1 Å². The first-order valence-electron chi connectivity index (χ1n) is 8.39. The molecule has 1 aromatic rings. The van der Waals surface area contributed by atoms with Crippen molar-refractivity contribution in [3.8, 4) is 0 Å². The Balaban J connectivity index is 2.69. The molecule has 5 N–H and O–H groups in total. The van der Waals surface area contributed by atoms with Crippen LogP contribution in [0.15, 0.2) is 30.3 Å². The molecule has 0 fully saturated rings. The lowest BCUT2D eigenvalue weighted by Crippen LogP contribution is -2.53. The minimum absolute atomic E-state index is 0.0299. The van der Waals surface area contributed by atoms with E-state index >= 15 is 0 Å². The number of unbranched alkanes of at least 4 members (excludes halogenated alkanes) is 1. The number of rotatable bonds is 9. The second-order valence-electron chi connectivity index (χ2n) is 5.89. The van der Waals surface area contributed by atoms with Crippen molar-refractivity contribution >= 4 is 23.4 Å². The van der Waals surface area contributed by atoms with E-state index in [1.54, 1.807) is 35.6 Å². The Kier molecular flexibility index (Phi) is 8.73. The second kappa shape index (κ2) is 10.5. The van der Waals surface area contributed by atoms with Crippen LogP contribution in [0.5, 0.6) is 0 Å². The van der Waals surface area contributed by atoms with Gasteiger partial charge in [-0.15, -0.1) is 0 Å². The van der Waals surface area contributed by atoms with E-state index in [-0.39, 0.29) is 6.42 Å². The molecule has 0 aliphatic rings. The average Bonchev–Trinajstić information content (AvgIpc) is 2.60. The average molecular weight is 388 g/mol. The Morgan fingerprint density at radius 1 is 1.04 bits per heavy atom. The molecule has 27 heavy (non-hydrogen) atoms. The van der Waals surface area contributed by atoms with Crippen LogP contribution in [0.1, 0.15) is 26.2 Å². The molecule has 7 nitrogen and oxygen atoms in total. The Hall–Kier alpha value is -2.62. The fourth-order valence-corrected chi connectivity index (χ4v) is 2.15. The number of para-hydroxylation sites is 1. The Bertz CT molecular complexity index is 638. The van der Waals surface area contributed by atoms with Gasteiger partial charge in [0, 0.05) is 5.69 Å². The van der Waals surface area contributed by atoms with E-state index in [1.165, 1.54) is 6.92 Å². The van der Waals surface area contributed by atoms with Gasteiger partial charge >= 0.3 is 12.1 Å². The van der Waals surface area contributed by atoms with E-state index in [1.807, 2.05) is 0 Å². The zero-order valence-electron chi connectivity index (χ0n) is 14.8. The standard InChI is InChI=1S/C17H23F3N4O3/c1-11(14(25)23-12-7-3-2-4-8-12)22-15(26)13(9-5-6-10-21)24-16(27)17(18,19)20/h2-4,7-8,11,13H,5-6,9-10,21H2,1H3,(H,22,26)(H,23,25)(H,24,27)/t11-,13-/m0/s1. The first kappa shape index (κ1) is 22.4. The van der Waals surface area contributed by atoms with Gasteiger partial charge in [-0.2, -0.15) is 13.2 Å². The molecule has 0 saturated carbocycles. The minimum atomic E-state index is -5.11. The molecule has 1 rings (SSSR count). The smallest absolute Gasteiger partial charge is 0.343 e. The summed E-state index contributed by atoms with van der Waals surface area (Å²) in [7, 11) is 0. The van der Waals surface area contributed by atoms with Crippen molar-refractivity contribution in [2.75, 3.05) is 11.9 Å². The van der Waals surface area contributed by atoms with Crippen LogP contribution in [0.25, 0.3) is 0 Å². The number of benzene rings is 1. The minimum Gasteiger partial charge on any atom is -0.343 e. The number of nitrogens with two attached hydrogens (primary N) is 1. The van der Waals surface area contributed by atoms with Crippen LogP contribution in [0.3, 0.4) is 0 Å². The Morgan fingerprint density at radius 3 is 2.22 bits per heavy atom. The van der Waals surface area contributed by atoms with Crippen LogP contribution in [0.2, 0.25) is 0 Å². The molecular formula is C17H23F3N4O3. The van der Waals surface area contributed by atoms with Gasteiger partial charge in [0.2, 0.25) is 11.8 Å². The highest BCUT2D eigenvalue weighted by atomic mass is 19.4.